The van der Waals surface area contributed by atoms with E-state index in [-0.39, 0.29) is 5.78 Å². The number of Topliss-reactive ketones (excluding diaryl/α,β-unsaturated/α-hetero) is 1. The SMILES string of the molecule is C=C(CN1CCCCC1)c1ccccc1C(C)=O. The molecule has 0 saturated carbocycles. The van der Waals surface area contributed by atoms with Crippen LogP contribution in [0.15, 0.2) is 30.8 Å². The average Bonchev–Trinajstić information content (AvgIpc) is 2.40. The topological polar surface area (TPSA) is 20.3 Å². The number of nitrogens with zero attached hydrogens (tertiary/aromatic N) is 1. The molecule has 2 heteroatoms. The highest BCUT2D eigenvalue weighted by Crippen LogP contribution is 2.21. The number of carbonyl (C=O) groups excluding carboxylic acids is 1. The summed E-state index contributed by atoms with van der Waals surface area (Å²) in [4.78, 5) is 14.0. The highest BCUT2D eigenvalue weighted by molar-refractivity contribution is 5.99. The number of benzene rings is 1. The zero-order valence-electron chi connectivity index (χ0n) is 11.1. The van der Waals surface area contributed by atoms with Crippen molar-refractivity contribution >= 4 is 11.4 Å². The van der Waals surface area contributed by atoms with Gasteiger partial charge in [-0.25, -0.2) is 0 Å². The smallest absolute Gasteiger partial charge is 0.160 e. The maximum Gasteiger partial charge on any atom is 0.160 e. The van der Waals surface area contributed by atoms with Crippen LogP contribution in [-0.4, -0.2) is 30.3 Å². The monoisotopic (exact) mass is 243 g/mol. The van der Waals surface area contributed by atoms with Gasteiger partial charge in [-0.1, -0.05) is 37.3 Å². The zero-order chi connectivity index (χ0) is 13.0. The highest BCUT2D eigenvalue weighted by Gasteiger charge is 2.14. The lowest BCUT2D eigenvalue weighted by atomic mass is 9.97. The van der Waals surface area contributed by atoms with E-state index in [2.05, 4.69) is 11.5 Å². The fourth-order valence-electron chi connectivity index (χ4n) is 2.57. The van der Waals surface area contributed by atoms with Crippen LogP contribution in [0, 0.1) is 0 Å². The second-order valence-electron chi connectivity index (χ2n) is 5.04. The molecule has 0 aromatic heterocycles. The number of piperidine rings is 1. The molecule has 1 fully saturated rings. The van der Waals surface area contributed by atoms with Crippen molar-refractivity contribution in [2.45, 2.75) is 26.2 Å². The van der Waals surface area contributed by atoms with E-state index in [0.29, 0.717) is 0 Å². The molecule has 1 aliphatic heterocycles. The van der Waals surface area contributed by atoms with Crippen molar-refractivity contribution in [3.05, 3.63) is 42.0 Å². The minimum atomic E-state index is 0.116. The van der Waals surface area contributed by atoms with Gasteiger partial charge in [-0.3, -0.25) is 9.69 Å². The lowest BCUT2D eigenvalue weighted by molar-refractivity contribution is 0.101. The third-order valence-electron chi connectivity index (χ3n) is 3.55. The van der Waals surface area contributed by atoms with Crippen LogP contribution in [0.2, 0.25) is 0 Å². The Morgan fingerprint density at radius 1 is 1.17 bits per heavy atom. The van der Waals surface area contributed by atoms with E-state index < -0.39 is 0 Å². The molecule has 0 atom stereocenters. The predicted octanol–water partition coefficient (Wildman–Crippen LogP) is 3.39. The van der Waals surface area contributed by atoms with Gasteiger partial charge in [-0.05, 0) is 44.0 Å². The first-order chi connectivity index (χ1) is 8.68. The molecule has 0 bridgehead atoms. The van der Waals surface area contributed by atoms with Gasteiger partial charge in [-0.15, -0.1) is 0 Å². The van der Waals surface area contributed by atoms with Gasteiger partial charge >= 0.3 is 0 Å². The second kappa shape index (κ2) is 5.96. The summed E-state index contributed by atoms with van der Waals surface area (Å²) in [6.45, 7) is 8.97. The molecular formula is C16H21NO. The van der Waals surface area contributed by atoms with Gasteiger partial charge in [0, 0.05) is 12.1 Å². The molecule has 0 spiro atoms. The Kier molecular flexibility index (Phi) is 4.32. The molecule has 1 aliphatic rings. The standard InChI is InChI=1S/C16H21NO/c1-13(12-17-10-6-3-7-11-17)15-8-4-5-9-16(15)14(2)18/h4-5,8-9H,1,3,6-7,10-12H2,2H3. The Bertz CT molecular complexity index is 444. The van der Waals surface area contributed by atoms with E-state index in [1.54, 1.807) is 6.92 Å². The van der Waals surface area contributed by atoms with Gasteiger partial charge in [0.15, 0.2) is 5.78 Å². The van der Waals surface area contributed by atoms with Crippen molar-refractivity contribution in [3.63, 3.8) is 0 Å². The fraction of sp³-hybridized carbons (Fsp3) is 0.438. The minimum Gasteiger partial charge on any atom is -0.299 e. The quantitative estimate of drug-likeness (QED) is 0.755. The summed E-state index contributed by atoms with van der Waals surface area (Å²) in [5, 5.41) is 0. The molecule has 96 valence electrons. The van der Waals surface area contributed by atoms with Gasteiger partial charge in [0.25, 0.3) is 0 Å². The van der Waals surface area contributed by atoms with Gasteiger partial charge in [-0.2, -0.15) is 0 Å². The van der Waals surface area contributed by atoms with Crippen LogP contribution in [0.4, 0.5) is 0 Å². The zero-order valence-corrected chi connectivity index (χ0v) is 11.1. The molecule has 1 aromatic rings. The summed E-state index contributed by atoms with van der Waals surface area (Å²) in [6, 6.07) is 7.78. The van der Waals surface area contributed by atoms with E-state index in [9.17, 15) is 4.79 Å². The Hall–Kier alpha value is -1.41. The third kappa shape index (κ3) is 3.08. The maximum absolute atomic E-state index is 11.6. The fourth-order valence-corrected chi connectivity index (χ4v) is 2.57. The van der Waals surface area contributed by atoms with Crippen molar-refractivity contribution < 1.29 is 4.79 Å². The Labute approximate surface area is 109 Å². The maximum atomic E-state index is 11.6. The number of rotatable bonds is 4. The lowest BCUT2D eigenvalue weighted by Gasteiger charge is -2.27. The van der Waals surface area contributed by atoms with Gasteiger partial charge in [0.1, 0.15) is 0 Å². The predicted molar refractivity (Wildman–Crippen MR) is 75.8 cm³/mol. The second-order valence-corrected chi connectivity index (χ2v) is 5.04. The number of ketones is 1. The van der Waals surface area contributed by atoms with Crippen LogP contribution in [0.25, 0.3) is 5.57 Å². The molecule has 0 aliphatic carbocycles. The molecule has 0 unspecified atom stereocenters. The normalized spacial score (nSPS) is 16.5. The summed E-state index contributed by atoms with van der Waals surface area (Å²) in [5.41, 5.74) is 2.86. The largest absolute Gasteiger partial charge is 0.299 e. The van der Waals surface area contributed by atoms with Crippen molar-refractivity contribution in [2.24, 2.45) is 0 Å². The van der Waals surface area contributed by atoms with Crippen LogP contribution >= 0.6 is 0 Å². The molecule has 1 saturated heterocycles. The number of carbonyl (C=O) groups is 1. The van der Waals surface area contributed by atoms with Crippen molar-refractivity contribution in [1.82, 2.24) is 4.90 Å². The molecule has 2 rings (SSSR count). The summed E-state index contributed by atoms with van der Waals surface area (Å²) >= 11 is 0. The summed E-state index contributed by atoms with van der Waals surface area (Å²) < 4.78 is 0. The van der Waals surface area contributed by atoms with Crippen LogP contribution in [0.1, 0.15) is 42.1 Å². The lowest BCUT2D eigenvalue weighted by Crippen LogP contribution is -2.31. The summed E-state index contributed by atoms with van der Waals surface area (Å²) in [6.07, 6.45) is 3.90. The van der Waals surface area contributed by atoms with Crippen LogP contribution in [0.5, 0.6) is 0 Å². The number of hydrogen-bond acceptors (Lipinski definition) is 2. The van der Waals surface area contributed by atoms with Gasteiger partial charge in [0.2, 0.25) is 0 Å². The molecule has 0 N–H and O–H groups in total. The van der Waals surface area contributed by atoms with Gasteiger partial charge < -0.3 is 0 Å². The number of hydrogen-bond donors (Lipinski definition) is 0. The molecule has 2 nitrogen and oxygen atoms in total. The van der Waals surface area contributed by atoms with Crippen molar-refractivity contribution in [2.75, 3.05) is 19.6 Å². The molecular weight excluding hydrogens is 222 g/mol. The summed E-state index contributed by atoms with van der Waals surface area (Å²) in [5.74, 6) is 0.116. The van der Waals surface area contributed by atoms with E-state index in [0.717, 1.165) is 36.3 Å². The van der Waals surface area contributed by atoms with E-state index in [1.807, 2.05) is 24.3 Å². The van der Waals surface area contributed by atoms with Crippen LogP contribution in [-0.2, 0) is 0 Å². The van der Waals surface area contributed by atoms with E-state index >= 15 is 0 Å². The average molecular weight is 243 g/mol. The van der Waals surface area contributed by atoms with E-state index in [4.69, 9.17) is 0 Å². The number of likely N-dealkylation sites (tertiary alicyclic amines) is 1. The first-order valence-electron chi connectivity index (χ1n) is 6.69. The van der Waals surface area contributed by atoms with Crippen LogP contribution in [0.3, 0.4) is 0 Å². The minimum absolute atomic E-state index is 0.116. The van der Waals surface area contributed by atoms with Crippen molar-refractivity contribution in [3.8, 4) is 0 Å². The third-order valence-corrected chi connectivity index (χ3v) is 3.55. The molecule has 1 heterocycles. The first-order valence-corrected chi connectivity index (χ1v) is 6.69. The Morgan fingerprint density at radius 3 is 2.39 bits per heavy atom. The van der Waals surface area contributed by atoms with Crippen molar-refractivity contribution in [1.29, 1.82) is 0 Å². The highest BCUT2D eigenvalue weighted by atomic mass is 16.1. The Balaban J connectivity index is 2.10. The summed E-state index contributed by atoms with van der Waals surface area (Å²) in [7, 11) is 0. The molecule has 1 aromatic carbocycles. The molecule has 0 amide bonds. The first kappa shape index (κ1) is 13.0. The molecule has 18 heavy (non-hydrogen) atoms. The molecule has 0 radical (unpaired) electrons. The van der Waals surface area contributed by atoms with Crippen LogP contribution < -0.4 is 0 Å². The van der Waals surface area contributed by atoms with Gasteiger partial charge in [0.05, 0.1) is 0 Å². The van der Waals surface area contributed by atoms with E-state index in [1.165, 1.54) is 19.3 Å². The Morgan fingerprint density at radius 2 is 1.78 bits per heavy atom.